The van der Waals surface area contributed by atoms with Crippen molar-refractivity contribution in [3.63, 3.8) is 0 Å². The third-order valence-electron chi connectivity index (χ3n) is 7.09. The monoisotopic (exact) mass is 516 g/mol. The molecular weight excluding hydrogens is 487 g/mol. The molecule has 9 heteroatoms. The van der Waals surface area contributed by atoms with Crippen molar-refractivity contribution in [2.24, 2.45) is 0 Å². The molecule has 196 valence electrons. The predicted molar refractivity (Wildman–Crippen MR) is 141 cm³/mol. The highest BCUT2D eigenvalue weighted by molar-refractivity contribution is 5.99. The van der Waals surface area contributed by atoms with Gasteiger partial charge in [0.05, 0.1) is 6.67 Å². The zero-order chi connectivity index (χ0) is 26.5. The molecule has 3 aromatic carbocycles. The quantitative estimate of drug-likeness (QED) is 0.520. The van der Waals surface area contributed by atoms with Gasteiger partial charge in [-0.25, -0.2) is 4.39 Å². The van der Waals surface area contributed by atoms with Gasteiger partial charge in [-0.15, -0.1) is 0 Å². The number of anilines is 2. The molecule has 3 amide bonds. The SMILES string of the molecule is O=C(CN1CN(c2ccccc2)C2(CCN(C(=O)COc3ccccc3)CC2)C1=O)Nc1ccc(F)cc1. The van der Waals surface area contributed by atoms with E-state index in [1.54, 1.807) is 21.9 Å². The van der Waals surface area contributed by atoms with Crippen LogP contribution >= 0.6 is 0 Å². The van der Waals surface area contributed by atoms with E-state index in [0.29, 0.717) is 37.4 Å². The molecule has 0 bridgehead atoms. The standard InChI is InChI=1S/C29H29FN4O4/c30-22-11-13-23(14-12-22)31-26(35)19-33-21-34(24-7-3-1-4-8-24)29(28(33)37)15-17-32(18-16-29)27(36)20-38-25-9-5-2-6-10-25/h1-14H,15-21H2,(H,31,35). The number of benzene rings is 3. The smallest absolute Gasteiger partial charge is 0.260 e. The maximum atomic E-state index is 13.8. The summed E-state index contributed by atoms with van der Waals surface area (Å²) < 4.78 is 18.8. The van der Waals surface area contributed by atoms with E-state index >= 15 is 0 Å². The van der Waals surface area contributed by atoms with Gasteiger partial charge >= 0.3 is 0 Å². The molecule has 0 aromatic heterocycles. The fourth-order valence-electron chi connectivity index (χ4n) is 5.11. The molecule has 5 rings (SSSR count). The molecule has 2 aliphatic rings. The fourth-order valence-corrected chi connectivity index (χ4v) is 5.11. The molecule has 0 saturated carbocycles. The molecule has 0 aliphatic carbocycles. The van der Waals surface area contributed by atoms with E-state index in [0.717, 1.165) is 5.69 Å². The van der Waals surface area contributed by atoms with Crippen LogP contribution in [0.1, 0.15) is 12.8 Å². The minimum atomic E-state index is -0.853. The summed E-state index contributed by atoms with van der Waals surface area (Å²) in [5.74, 6) is -0.389. The Bertz CT molecular complexity index is 1280. The minimum absolute atomic E-state index is 0.0664. The van der Waals surface area contributed by atoms with Gasteiger partial charge < -0.3 is 24.8 Å². The van der Waals surface area contributed by atoms with Gasteiger partial charge in [-0.3, -0.25) is 14.4 Å². The first-order valence-electron chi connectivity index (χ1n) is 12.6. The first-order valence-corrected chi connectivity index (χ1v) is 12.6. The van der Waals surface area contributed by atoms with E-state index in [9.17, 15) is 18.8 Å². The van der Waals surface area contributed by atoms with Crippen LogP contribution in [0.4, 0.5) is 15.8 Å². The van der Waals surface area contributed by atoms with Crippen molar-refractivity contribution in [2.45, 2.75) is 18.4 Å². The van der Waals surface area contributed by atoms with Crippen molar-refractivity contribution in [2.75, 3.05) is 43.1 Å². The Hall–Kier alpha value is -4.40. The van der Waals surface area contributed by atoms with Gasteiger partial charge in [0, 0.05) is 24.5 Å². The van der Waals surface area contributed by atoms with Crippen LogP contribution < -0.4 is 15.0 Å². The summed E-state index contributed by atoms with van der Waals surface area (Å²) in [5, 5.41) is 2.73. The zero-order valence-corrected chi connectivity index (χ0v) is 20.9. The van der Waals surface area contributed by atoms with Crippen molar-refractivity contribution in [3.8, 4) is 5.75 Å². The van der Waals surface area contributed by atoms with E-state index in [1.165, 1.54) is 24.3 Å². The second kappa shape index (κ2) is 10.9. The van der Waals surface area contributed by atoms with Crippen LogP contribution in [-0.2, 0) is 14.4 Å². The second-order valence-electron chi connectivity index (χ2n) is 9.48. The van der Waals surface area contributed by atoms with Gasteiger partial charge in [0.1, 0.15) is 23.7 Å². The predicted octanol–water partition coefficient (Wildman–Crippen LogP) is 3.51. The van der Waals surface area contributed by atoms with Gasteiger partial charge in [-0.05, 0) is 61.4 Å². The Labute approximate surface area is 220 Å². The molecule has 0 atom stereocenters. The fraction of sp³-hybridized carbons (Fsp3) is 0.276. The van der Waals surface area contributed by atoms with Crippen LogP contribution in [0, 0.1) is 5.82 Å². The number of ether oxygens (including phenoxy) is 1. The van der Waals surface area contributed by atoms with E-state index in [4.69, 9.17) is 4.74 Å². The van der Waals surface area contributed by atoms with Crippen molar-refractivity contribution >= 4 is 29.1 Å². The number of rotatable bonds is 7. The zero-order valence-electron chi connectivity index (χ0n) is 20.9. The third kappa shape index (κ3) is 5.32. The number of carbonyl (C=O) groups excluding carboxylic acids is 3. The Morgan fingerprint density at radius 3 is 2.18 bits per heavy atom. The average molecular weight is 517 g/mol. The maximum Gasteiger partial charge on any atom is 0.260 e. The van der Waals surface area contributed by atoms with Crippen LogP contribution in [-0.4, -0.2) is 66.0 Å². The van der Waals surface area contributed by atoms with Crippen LogP contribution in [0.2, 0.25) is 0 Å². The van der Waals surface area contributed by atoms with Crippen molar-refractivity contribution in [3.05, 3.63) is 90.7 Å². The van der Waals surface area contributed by atoms with Crippen LogP contribution in [0.15, 0.2) is 84.9 Å². The molecule has 2 saturated heterocycles. The van der Waals surface area contributed by atoms with Crippen LogP contribution in [0.5, 0.6) is 5.75 Å². The van der Waals surface area contributed by atoms with Crippen molar-refractivity contribution in [1.29, 1.82) is 0 Å². The minimum Gasteiger partial charge on any atom is -0.484 e. The van der Waals surface area contributed by atoms with Gasteiger partial charge in [-0.1, -0.05) is 36.4 Å². The highest BCUT2D eigenvalue weighted by Crippen LogP contribution is 2.39. The molecule has 2 fully saturated rings. The molecule has 1 N–H and O–H groups in total. The Morgan fingerprint density at radius 1 is 0.895 bits per heavy atom. The summed E-state index contributed by atoms with van der Waals surface area (Å²) in [5.41, 5.74) is 0.492. The number of hydrogen-bond donors (Lipinski definition) is 1. The van der Waals surface area contributed by atoms with Crippen LogP contribution in [0.3, 0.4) is 0 Å². The third-order valence-corrected chi connectivity index (χ3v) is 7.09. The van der Waals surface area contributed by atoms with Crippen molar-refractivity contribution in [1.82, 2.24) is 9.80 Å². The molecule has 2 aliphatic heterocycles. The molecule has 2 heterocycles. The summed E-state index contributed by atoms with van der Waals surface area (Å²) in [6.45, 7) is 0.867. The lowest BCUT2D eigenvalue weighted by molar-refractivity contribution is -0.140. The summed E-state index contributed by atoms with van der Waals surface area (Å²) in [7, 11) is 0. The topological polar surface area (TPSA) is 82.2 Å². The normalized spacial score (nSPS) is 16.6. The number of hydrogen-bond acceptors (Lipinski definition) is 5. The number of nitrogens with zero attached hydrogens (tertiary/aromatic N) is 3. The molecular formula is C29H29FN4O4. The molecule has 3 aromatic rings. The van der Waals surface area contributed by atoms with E-state index in [-0.39, 0.29) is 37.5 Å². The van der Waals surface area contributed by atoms with Gasteiger partial charge in [0.25, 0.3) is 11.8 Å². The van der Waals surface area contributed by atoms with Gasteiger partial charge in [-0.2, -0.15) is 0 Å². The summed E-state index contributed by atoms with van der Waals surface area (Å²) in [4.78, 5) is 44.7. The molecule has 0 radical (unpaired) electrons. The number of piperidine rings is 1. The number of likely N-dealkylation sites (tertiary alicyclic amines) is 1. The lowest BCUT2D eigenvalue weighted by atomic mass is 9.85. The summed E-state index contributed by atoms with van der Waals surface area (Å²) in [6, 6.07) is 24.3. The Morgan fingerprint density at radius 2 is 1.53 bits per heavy atom. The summed E-state index contributed by atoms with van der Waals surface area (Å²) in [6.07, 6.45) is 0.877. The van der Waals surface area contributed by atoms with E-state index in [1.807, 2.05) is 53.4 Å². The number of carbonyl (C=O) groups is 3. The number of halogens is 1. The highest BCUT2D eigenvalue weighted by Gasteiger charge is 2.54. The lowest BCUT2D eigenvalue weighted by Crippen LogP contribution is -2.57. The van der Waals surface area contributed by atoms with Crippen molar-refractivity contribution < 1.29 is 23.5 Å². The highest BCUT2D eigenvalue weighted by atomic mass is 19.1. The van der Waals surface area contributed by atoms with E-state index in [2.05, 4.69) is 5.32 Å². The number of nitrogens with one attached hydrogen (secondary N) is 1. The van der Waals surface area contributed by atoms with Gasteiger partial charge in [0.2, 0.25) is 5.91 Å². The maximum absolute atomic E-state index is 13.8. The first kappa shape index (κ1) is 25.3. The second-order valence-corrected chi connectivity index (χ2v) is 9.48. The molecule has 1 spiro atoms. The summed E-state index contributed by atoms with van der Waals surface area (Å²) >= 11 is 0. The Kier molecular flexibility index (Phi) is 7.26. The molecule has 0 unspecified atom stereocenters. The molecule has 8 nitrogen and oxygen atoms in total. The average Bonchev–Trinajstić information content (AvgIpc) is 3.20. The first-order chi connectivity index (χ1) is 18.4. The largest absolute Gasteiger partial charge is 0.484 e. The molecule has 38 heavy (non-hydrogen) atoms. The number of amides is 3. The Balaban J connectivity index is 1.27. The number of para-hydroxylation sites is 2. The van der Waals surface area contributed by atoms with Crippen LogP contribution in [0.25, 0.3) is 0 Å². The lowest BCUT2D eigenvalue weighted by Gasteiger charge is -2.43. The van der Waals surface area contributed by atoms with E-state index < -0.39 is 11.4 Å². The van der Waals surface area contributed by atoms with Gasteiger partial charge in [0.15, 0.2) is 6.61 Å².